The van der Waals surface area contributed by atoms with Crippen molar-refractivity contribution < 1.29 is 13.6 Å². The maximum atomic E-state index is 13.6. The number of carbonyl (C=O) groups excluding carboxylic acids is 1. The van der Waals surface area contributed by atoms with Gasteiger partial charge in [-0.05, 0) is 36.1 Å². The molecule has 2 nitrogen and oxygen atoms in total. The van der Waals surface area contributed by atoms with Gasteiger partial charge in [-0.3, -0.25) is 4.79 Å². The summed E-state index contributed by atoms with van der Waals surface area (Å²) in [7, 11) is 0. The van der Waals surface area contributed by atoms with Gasteiger partial charge >= 0.3 is 0 Å². The number of hydrogen-bond acceptors (Lipinski definition) is 1. The Bertz CT molecular complexity index is 655. The van der Waals surface area contributed by atoms with Crippen LogP contribution in [0.2, 0.25) is 0 Å². The second-order valence-electron chi connectivity index (χ2n) is 4.97. The molecule has 2 aromatic carbocycles. The van der Waals surface area contributed by atoms with Crippen LogP contribution < -0.4 is 5.32 Å². The molecule has 2 rings (SSSR count). The molecule has 0 aliphatic carbocycles. The molecule has 0 saturated heterocycles. The van der Waals surface area contributed by atoms with Crippen molar-refractivity contribution in [1.29, 1.82) is 0 Å². The molecule has 110 valence electrons. The van der Waals surface area contributed by atoms with Crippen molar-refractivity contribution in [1.82, 2.24) is 0 Å². The predicted molar refractivity (Wildman–Crippen MR) is 79.5 cm³/mol. The monoisotopic (exact) mass is 289 g/mol. The lowest BCUT2D eigenvalue weighted by atomic mass is 9.97. The quantitative estimate of drug-likeness (QED) is 0.866. The molecule has 1 N–H and O–H groups in total. The molecular weight excluding hydrogens is 272 g/mol. The van der Waals surface area contributed by atoms with Crippen LogP contribution in [0, 0.1) is 11.6 Å². The van der Waals surface area contributed by atoms with Crippen molar-refractivity contribution in [3.05, 3.63) is 65.2 Å². The van der Waals surface area contributed by atoms with E-state index in [-0.39, 0.29) is 11.5 Å². The molecule has 0 heterocycles. The fourth-order valence-electron chi connectivity index (χ4n) is 2.12. The first kappa shape index (κ1) is 15.2. The summed E-state index contributed by atoms with van der Waals surface area (Å²) in [5, 5.41) is 2.70. The highest BCUT2D eigenvalue weighted by Crippen LogP contribution is 2.27. The molecular formula is C17H17F2NO. The Kier molecular flexibility index (Phi) is 4.68. The SMILES string of the molecule is CC[C@@H](C)c1ccccc1NC(=O)c1ccc(F)cc1F. The van der Waals surface area contributed by atoms with Crippen LogP contribution in [-0.2, 0) is 0 Å². The lowest BCUT2D eigenvalue weighted by Gasteiger charge is -2.15. The number of amides is 1. The zero-order chi connectivity index (χ0) is 15.4. The minimum absolute atomic E-state index is 0.171. The van der Waals surface area contributed by atoms with Crippen LogP contribution in [0.4, 0.5) is 14.5 Å². The molecule has 1 amide bonds. The van der Waals surface area contributed by atoms with E-state index < -0.39 is 17.5 Å². The Morgan fingerprint density at radius 1 is 1.19 bits per heavy atom. The summed E-state index contributed by atoms with van der Waals surface area (Å²) in [5.74, 6) is -1.87. The van der Waals surface area contributed by atoms with Crippen molar-refractivity contribution in [2.45, 2.75) is 26.2 Å². The summed E-state index contributed by atoms with van der Waals surface area (Å²) in [6.45, 7) is 4.12. The van der Waals surface area contributed by atoms with E-state index in [1.807, 2.05) is 18.2 Å². The zero-order valence-electron chi connectivity index (χ0n) is 12.0. The third-order valence-corrected chi connectivity index (χ3v) is 3.53. The summed E-state index contributed by atoms with van der Waals surface area (Å²) < 4.78 is 26.5. The number of para-hydroxylation sites is 1. The molecule has 0 fully saturated rings. The minimum atomic E-state index is -0.867. The molecule has 1 atom stereocenters. The highest BCUT2D eigenvalue weighted by Gasteiger charge is 2.15. The van der Waals surface area contributed by atoms with Gasteiger partial charge in [-0.25, -0.2) is 8.78 Å². The lowest BCUT2D eigenvalue weighted by Crippen LogP contribution is -2.15. The van der Waals surface area contributed by atoms with Gasteiger partial charge in [0.1, 0.15) is 11.6 Å². The normalized spacial score (nSPS) is 12.0. The number of halogens is 2. The van der Waals surface area contributed by atoms with Gasteiger partial charge in [0.15, 0.2) is 0 Å². The van der Waals surface area contributed by atoms with Crippen molar-refractivity contribution in [2.75, 3.05) is 5.32 Å². The second-order valence-corrected chi connectivity index (χ2v) is 4.97. The fourth-order valence-corrected chi connectivity index (χ4v) is 2.12. The first-order valence-electron chi connectivity index (χ1n) is 6.88. The molecule has 0 bridgehead atoms. The zero-order valence-corrected chi connectivity index (χ0v) is 12.0. The van der Waals surface area contributed by atoms with Crippen LogP contribution in [0.1, 0.15) is 42.1 Å². The molecule has 0 aromatic heterocycles. The summed E-state index contributed by atoms with van der Waals surface area (Å²) in [5.41, 5.74) is 1.48. The summed E-state index contributed by atoms with van der Waals surface area (Å²) >= 11 is 0. The molecule has 0 saturated carbocycles. The number of benzene rings is 2. The molecule has 0 spiro atoms. The molecule has 4 heteroatoms. The van der Waals surface area contributed by atoms with E-state index in [0.717, 1.165) is 24.1 Å². The average Bonchev–Trinajstić information content (AvgIpc) is 2.46. The molecule has 0 unspecified atom stereocenters. The molecule has 0 aliphatic rings. The van der Waals surface area contributed by atoms with Gasteiger partial charge in [0.2, 0.25) is 0 Å². The number of anilines is 1. The standard InChI is InChI=1S/C17H17F2NO/c1-3-11(2)13-6-4-5-7-16(13)20-17(21)14-9-8-12(18)10-15(14)19/h4-11H,3H2,1-2H3,(H,20,21)/t11-/m1/s1. The largest absolute Gasteiger partial charge is 0.322 e. The molecule has 0 radical (unpaired) electrons. The molecule has 0 aliphatic heterocycles. The highest BCUT2D eigenvalue weighted by atomic mass is 19.1. The van der Waals surface area contributed by atoms with Gasteiger partial charge in [-0.15, -0.1) is 0 Å². The van der Waals surface area contributed by atoms with Crippen molar-refractivity contribution >= 4 is 11.6 Å². The maximum Gasteiger partial charge on any atom is 0.258 e. The smallest absolute Gasteiger partial charge is 0.258 e. The number of hydrogen-bond donors (Lipinski definition) is 1. The van der Waals surface area contributed by atoms with Gasteiger partial charge in [0.05, 0.1) is 5.56 Å². The van der Waals surface area contributed by atoms with Gasteiger partial charge < -0.3 is 5.32 Å². The molecule has 21 heavy (non-hydrogen) atoms. The van der Waals surface area contributed by atoms with Gasteiger partial charge in [-0.1, -0.05) is 32.0 Å². The van der Waals surface area contributed by atoms with Crippen LogP contribution in [0.5, 0.6) is 0 Å². The highest BCUT2D eigenvalue weighted by molar-refractivity contribution is 6.04. The van der Waals surface area contributed by atoms with E-state index in [0.29, 0.717) is 11.8 Å². The number of nitrogens with one attached hydrogen (secondary N) is 1. The summed E-state index contributed by atoms with van der Waals surface area (Å²) in [6.07, 6.45) is 0.928. The third-order valence-electron chi connectivity index (χ3n) is 3.53. The predicted octanol–water partition coefficient (Wildman–Crippen LogP) is 4.73. The second kappa shape index (κ2) is 6.48. The van der Waals surface area contributed by atoms with E-state index in [1.165, 1.54) is 0 Å². The Labute approximate surface area is 122 Å². The first-order valence-corrected chi connectivity index (χ1v) is 6.88. The van der Waals surface area contributed by atoms with Crippen LogP contribution >= 0.6 is 0 Å². The maximum absolute atomic E-state index is 13.6. The van der Waals surface area contributed by atoms with E-state index in [2.05, 4.69) is 19.2 Å². The van der Waals surface area contributed by atoms with E-state index in [1.54, 1.807) is 6.07 Å². The Balaban J connectivity index is 2.28. The minimum Gasteiger partial charge on any atom is -0.322 e. The van der Waals surface area contributed by atoms with Crippen LogP contribution in [-0.4, -0.2) is 5.91 Å². The van der Waals surface area contributed by atoms with Gasteiger partial charge in [0.25, 0.3) is 5.91 Å². The van der Waals surface area contributed by atoms with Crippen LogP contribution in [0.25, 0.3) is 0 Å². The van der Waals surface area contributed by atoms with Crippen LogP contribution in [0.3, 0.4) is 0 Å². The van der Waals surface area contributed by atoms with Gasteiger partial charge in [0, 0.05) is 11.8 Å². The summed E-state index contributed by atoms with van der Waals surface area (Å²) in [6, 6.07) is 10.3. The van der Waals surface area contributed by atoms with Crippen molar-refractivity contribution in [2.24, 2.45) is 0 Å². The number of carbonyl (C=O) groups is 1. The third kappa shape index (κ3) is 3.45. The van der Waals surface area contributed by atoms with Crippen LogP contribution in [0.15, 0.2) is 42.5 Å². The first-order chi connectivity index (χ1) is 10.0. The average molecular weight is 289 g/mol. The van der Waals surface area contributed by atoms with E-state index in [9.17, 15) is 13.6 Å². The fraction of sp³-hybridized carbons (Fsp3) is 0.235. The Morgan fingerprint density at radius 3 is 2.57 bits per heavy atom. The topological polar surface area (TPSA) is 29.1 Å². The van der Waals surface area contributed by atoms with E-state index in [4.69, 9.17) is 0 Å². The number of rotatable bonds is 4. The lowest BCUT2D eigenvalue weighted by molar-refractivity contribution is 0.102. The Hall–Kier alpha value is -2.23. The Morgan fingerprint density at radius 2 is 1.90 bits per heavy atom. The van der Waals surface area contributed by atoms with E-state index >= 15 is 0 Å². The van der Waals surface area contributed by atoms with Crippen molar-refractivity contribution in [3.8, 4) is 0 Å². The summed E-state index contributed by atoms with van der Waals surface area (Å²) in [4.78, 5) is 12.1. The van der Waals surface area contributed by atoms with Gasteiger partial charge in [-0.2, -0.15) is 0 Å². The molecule has 2 aromatic rings. The van der Waals surface area contributed by atoms with Crippen molar-refractivity contribution in [3.63, 3.8) is 0 Å².